The smallest absolute Gasteiger partial charge is 0.107 e. The van der Waals surface area contributed by atoms with E-state index in [1.165, 1.54) is 19.3 Å². The predicted molar refractivity (Wildman–Crippen MR) is 37.9 cm³/mol. The minimum Gasteiger partial charge on any atom is -0.372 e. The summed E-state index contributed by atoms with van der Waals surface area (Å²) >= 11 is 0. The van der Waals surface area contributed by atoms with E-state index < -0.39 is 0 Å². The third-order valence-electron chi connectivity index (χ3n) is 2.34. The van der Waals surface area contributed by atoms with Crippen LogP contribution in [0.25, 0.3) is 0 Å². The van der Waals surface area contributed by atoms with Gasteiger partial charge in [-0.05, 0) is 26.2 Å². The van der Waals surface area contributed by atoms with Gasteiger partial charge in [-0.15, -0.1) is 0 Å². The molecule has 0 aromatic carbocycles. The SMILES string of the molecule is C[C@H](OC1CCC1)[C@@H]1CO1. The Labute approximate surface area is 61.5 Å². The zero-order valence-electron chi connectivity index (χ0n) is 6.38. The normalized spacial score (nSPS) is 35.1. The zero-order chi connectivity index (χ0) is 6.97. The Morgan fingerprint density at radius 2 is 2.20 bits per heavy atom. The molecule has 58 valence electrons. The van der Waals surface area contributed by atoms with Crippen LogP contribution in [0.1, 0.15) is 26.2 Å². The van der Waals surface area contributed by atoms with Gasteiger partial charge in [-0.1, -0.05) is 0 Å². The van der Waals surface area contributed by atoms with Crippen LogP contribution in [0.5, 0.6) is 0 Å². The molecule has 0 bridgehead atoms. The maximum atomic E-state index is 5.69. The lowest BCUT2D eigenvalue weighted by Gasteiger charge is -2.28. The average molecular weight is 142 g/mol. The molecule has 2 aliphatic rings. The first-order valence-corrected chi connectivity index (χ1v) is 4.13. The maximum Gasteiger partial charge on any atom is 0.107 e. The molecule has 1 saturated heterocycles. The molecule has 1 aliphatic carbocycles. The Morgan fingerprint density at radius 3 is 2.60 bits per heavy atom. The Morgan fingerprint density at radius 1 is 1.50 bits per heavy atom. The van der Waals surface area contributed by atoms with E-state index in [4.69, 9.17) is 9.47 Å². The summed E-state index contributed by atoms with van der Waals surface area (Å²) in [5, 5.41) is 0. The fourth-order valence-electron chi connectivity index (χ4n) is 1.22. The molecule has 2 rings (SSSR count). The van der Waals surface area contributed by atoms with E-state index in [0.29, 0.717) is 18.3 Å². The highest BCUT2D eigenvalue weighted by molar-refractivity contribution is 4.79. The summed E-state index contributed by atoms with van der Waals surface area (Å²) in [6.45, 7) is 3.02. The van der Waals surface area contributed by atoms with Crippen LogP contribution in [0, 0.1) is 0 Å². The van der Waals surface area contributed by atoms with E-state index >= 15 is 0 Å². The quantitative estimate of drug-likeness (QED) is 0.555. The van der Waals surface area contributed by atoms with E-state index in [1.54, 1.807) is 0 Å². The third kappa shape index (κ3) is 1.32. The molecule has 2 fully saturated rings. The van der Waals surface area contributed by atoms with Crippen molar-refractivity contribution in [2.75, 3.05) is 6.61 Å². The van der Waals surface area contributed by atoms with Crippen molar-refractivity contribution in [1.82, 2.24) is 0 Å². The van der Waals surface area contributed by atoms with Crippen LogP contribution >= 0.6 is 0 Å². The van der Waals surface area contributed by atoms with Gasteiger partial charge in [0.2, 0.25) is 0 Å². The summed E-state index contributed by atoms with van der Waals surface area (Å²) in [6, 6.07) is 0. The Balaban J connectivity index is 1.67. The van der Waals surface area contributed by atoms with Crippen LogP contribution in [-0.2, 0) is 9.47 Å². The molecule has 0 aromatic heterocycles. The van der Waals surface area contributed by atoms with Gasteiger partial charge in [0.05, 0.1) is 18.8 Å². The lowest BCUT2D eigenvalue weighted by molar-refractivity contribution is -0.0527. The Hall–Kier alpha value is -0.0800. The van der Waals surface area contributed by atoms with Crippen molar-refractivity contribution < 1.29 is 9.47 Å². The summed E-state index contributed by atoms with van der Waals surface area (Å²) < 4.78 is 10.8. The first-order chi connectivity index (χ1) is 4.86. The van der Waals surface area contributed by atoms with Crippen molar-refractivity contribution >= 4 is 0 Å². The van der Waals surface area contributed by atoms with Crippen LogP contribution in [0.2, 0.25) is 0 Å². The van der Waals surface area contributed by atoms with Gasteiger partial charge in [0, 0.05) is 0 Å². The first kappa shape index (κ1) is 6.62. The van der Waals surface area contributed by atoms with Gasteiger partial charge in [0.1, 0.15) is 6.10 Å². The topological polar surface area (TPSA) is 21.8 Å². The lowest BCUT2D eigenvalue weighted by atomic mass is 9.96. The van der Waals surface area contributed by atoms with Crippen molar-refractivity contribution in [3.63, 3.8) is 0 Å². The van der Waals surface area contributed by atoms with Crippen molar-refractivity contribution in [2.24, 2.45) is 0 Å². The summed E-state index contributed by atoms with van der Waals surface area (Å²) in [7, 11) is 0. The van der Waals surface area contributed by atoms with Crippen LogP contribution in [0.4, 0.5) is 0 Å². The standard InChI is InChI=1S/C8H14O2/c1-6(8-5-9-8)10-7-3-2-4-7/h6-8H,2-5H2,1H3/t6-,8-/m0/s1. The molecule has 2 heteroatoms. The van der Waals surface area contributed by atoms with E-state index in [0.717, 1.165) is 6.61 Å². The Bertz CT molecular complexity index is 116. The van der Waals surface area contributed by atoms with Crippen molar-refractivity contribution in [3.05, 3.63) is 0 Å². The van der Waals surface area contributed by atoms with Gasteiger partial charge < -0.3 is 9.47 Å². The highest BCUT2D eigenvalue weighted by Gasteiger charge is 2.33. The highest BCUT2D eigenvalue weighted by Crippen LogP contribution is 2.26. The fraction of sp³-hybridized carbons (Fsp3) is 1.00. The van der Waals surface area contributed by atoms with Crippen molar-refractivity contribution in [2.45, 2.75) is 44.5 Å². The van der Waals surface area contributed by atoms with Crippen molar-refractivity contribution in [1.29, 1.82) is 0 Å². The van der Waals surface area contributed by atoms with Crippen LogP contribution in [0.15, 0.2) is 0 Å². The second-order valence-corrected chi connectivity index (χ2v) is 3.27. The van der Waals surface area contributed by atoms with Crippen LogP contribution < -0.4 is 0 Å². The molecule has 0 unspecified atom stereocenters. The molecule has 0 spiro atoms. The average Bonchev–Trinajstić information content (AvgIpc) is 2.58. The van der Waals surface area contributed by atoms with Gasteiger partial charge in [0.15, 0.2) is 0 Å². The number of hydrogen-bond donors (Lipinski definition) is 0. The molecule has 0 amide bonds. The van der Waals surface area contributed by atoms with Gasteiger partial charge in [-0.25, -0.2) is 0 Å². The predicted octanol–water partition coefficient (Wildman–Crippen LogP) is 1.34. The molecular weight excluding hydrogens is 128 g/mol. The molecule has 10 heavy (non-hydrogen) atoms. The molecule has 2 nitrogen and oxygen atoms in total. The fourth-order valence-corrected chi connectivity index (χ4v) is 1.22. The molecule has 1 saturated carbocycles. The molecule has 2 atom stereocenters. The molecule has 0 aromatic rings. The van der Waals surface area contributed by atoms with Crippen LogP contribution in [0.3, 0.4) is 0 Å². The maximum absolute atomic E-state index is 5.69. The second kappa shape index (κ2) is 2.51. The largest absolute Gasteiger partial charge is 0.372 e. The van der Waals surface area contributed by atoms with Gasteiger partial charge in [0.25, 0.3) is 0 Å². The van der Waals surface area contributed by atoms with Crippen molar-refractivity contribution in [3.8, 4) is 0 Å². The van der Waals surface area contributed by atoms with E-state index in [9.17, 15) is 0 Å². The highest BCUT2D eigenvalue weighted by atomic mass is 16.6. The van der Waals surface area contributed by atoms with E-state index in [-0.39, 0.29) is 0 Å². The molecule has 0 N–H and O–H groups in total. The minimum atomic E-state index is 0.338. The van der Waals surface area contributed by atoms with E-state index in [2.05, 4.69) is 6.92 Å². The summed E-state index contributed by atoms with van der Waals surface area (Å²) in [4.78, 5) is 0. The first-order valence-electron chi connectivity index (χ1n) is 4.13. The zero-order valence-corrected chi connectivity index (χ0v) is 6.38. The van der Waals surface area contributed by atoms with E-state index in [1.807, 2.05) is 0 Å². The molecular formula is C8H14O2. The molecule has 1 heterocycles. The Kier molecular flexibility index (Phi) is 1.66. The number of epoxide rings is 1. The second-order valence-electron chi connectivity index (χ2n) is 3.27. The van der Waals surface area contributed by atoms with Crippen LogP contribution in [-0.4, -0.2) is 24.9 Å². The molecule has 0 radical (unpaired) electrons. The van der Waals surface area contributed by atoms with Gasteiger partial charge >= 0.3 is 0 Å². The molecule has 1 aliphatic heterocycles. The number of ether oxygens (including phenoxy) is 2. The summed E-state index contributed by atoms with van der Waals surface area (Å²) in [5.41, 5.74) is 0. The van der Waals surface area contributed by atoms with Gasteiger partial charge in [-0.2, -0.15) is 0 Å². The third-order valence-corrected chi connectivity index (χ3v) is 2.34. The number of rotatable bonds is 3. The van der Waals surface area contributed by atoms with Gasteiger partial charge in [-0.3, -0.25) is 0 Å². The lowest BCUT2D eigenvalue weighted by Crippen LogP contribution is -2.28. The summed E-state index contributed by atoms with van der Waals surface area (Å²) in [6.07, 6.45) is 5.18. The monoisotopic (exact) mass is 142 g/mol. The summed E-state index contributed by atoms with van der Waals surface area (Å²) in [5.74, 6) is 0. The minimum absolute atomic E-state index is 0.338. The number of hydrogen-bond acceptors (Lipinski definition) is 2.